The molecule has 7 nitrogen and oxygen atoms in total. The predicted molar refractivity (Wildman–Crippen MR) is 59.5 cm³/mol. The number of aromatic nitrogens is 2. The molecule has 0 aliphatic carbocycles. The van der Waals surface area contributed by atoms with Gasteiger partial charge in [0.15, 0.2) is 5.03 Å². The molecule has 4 N–H and O–H groups in total. The Morgan fingerprint density at radius 2 is 2.31 bits per heavy atom. The quantitative estimate of drug-likeness (QED) is 0.489. The number of hydrogen-bond acceptors (Lipinski definition) is 4. The molecule has 0 saturated heterocycles. The van der Waals surface area contributed by atoms with Gasteiger partial charge in [-0.2, -0.15) is 9.40 Å². The maximum Gasteiger partial charge on any atom is 0.260 e. The molecule has 0 aliphatic rings. The van der Waals surface area contributed by atoms with Gasteiger partial charge in [0.1, 0.15) is 5.84 Å². The van der Waals surface area contributed by atoms with E-state index in [0.29, 0.717) is 0 Å². The highest BCUT2D eigenvalue weighted by molar-refractivity contribution is 7.89. The SMILES string of the molecule is CC(C)N(CC(=N)N)S(=O)(=O)c1ccn[nH]1. The summed E-state index contributed by atoms with van der Waals surface area (Å²) < 4.78 is 25.3. The predicted octanol–water partition coefficient (Wildman–Crippen LogP) is -0.255. The first-order valence-electron chi connectivity index (χ1n) is 4.70. The highest BCUT2D eigenvalue weighted by Gasteiger charge is 2.28. The molecule has 1 aromatic rings. The van der Waals surface area contributed by atoms with Gasteiger partial charge in [-0.1, -0.05) is 0 Å². The van der Waals surface area contributed by atoms with Crippen molar-refractivity contribution in [2.45, 2.75) is 24.9 Å². The number of nitrogens with two attached hydrogens (primary N) is 1. The smallest absolute Gasteiger partial charge is 0.260 e. The van der Waals surface area contributed by atoms with E-state index in [9.17, 15) is 8.42 Å². The minimum atomic E-state index is -3.66. The Balaban J connectivity index is 3.08. The Morgan fingerprint density at radius 1 is 1.69 bits per heavy atom. The number of sulfonamides is 1. The van der Waals surface area contributed by atoms with Gasteiger partial charge in [0, 0.05) is 6.04 Å². The van der Waals surface area contributed by atoms with Crippen LogP contribution in [0.1, 0.15) is 13.8 Å². The van der Waals surface area contributed by atoms with Crippen molar-refractivity contribution in [2.75, 3.05) is 6.54 Å². The molecule has 0 amide bonds. The van der Waals surface area contributed by atoms with Gasteiger partial charge in [0.2, 0.25) is 0 Å². The topological polar surface area (TPSA) is 116 Å². The van der Waals surface area contributed by atoms with Gasteiger partial charge < -0.3 is 5.73 Å². The van der Waals surface area contributed by atoms with Crippen molar-refractivity contribution < 1.29 is 8.42 Å². The second-order valence-corrected chi connectivity index (χ2v) is 5.45. The van der Waals surface area contributed by atoms with Crippen molar-refractivity contribution in [1.82, 2.24) is 14.5 Å². The molecular formula is C8H15N5O2S. The van der Waals surface area contributed by atoms with E-state index in [-0.39, 0.29) is 23.4 Å². The summed E-state index contributed by atoms with van der Waals surface area (Å²) in [7, 11) is -3.66. The van der Waals surface area contributed by atoms with Crippen molar-refractivity contribution in [3.8, 4) is 0 Å². The van der Waals surface area contributed by atoms with Crippen LogP contribution in [0.3, 0.4) is 0 Å². The summed E-state index contributed by atoms with van der Waals surface area (Å²) in [5, 5.41) is 13.2. The van der Waals surface area contributed by atoms with Crippen LogP contribution < -0.4 is 5.73 Å². The summed E-state index contributed by atoms with van der Waals surface area (Å²) >= 11 is 0. The van der Waals surface area contributed by atoms with Gasteiger partial charge in [-0.25, -0.2) is 8.42 Å². The minimum Gasteiger partial charge on any atom is -0.387 e. The van der Waals surface area contributed by atoms with E-state index in [2.05, 4.69) is 10.2 Å². The Kier molecular flexibility index (Phi) is 3.66. The molecule has 0 unspecified atom stereocenters. The average Bonchev–Trinajstić information content (AvgIpc) is 2.66. The van der Waals surface area contributed by atoms with Crippen LogP contribution in [0, 0.1) is 5.41 Å². The van der Waals surface area contributed by atoms with Crippen molar-refractivity contribution in [1.29, 1.82) is 5.41 Å². The largest absolute Gasteiger partial charge is 0.387 e. The number of nitrogens with zero attached hydrogens (tertiary/aromatic N) is 2. The summed E-state index contributed by atoms with van der Waals surface area (Å²) in [6.45, 7) is 3.31. The molecule has 0 fully saturated rings. The van der Waals surface area contributed by atoms with Gasteiger partial charge in [0.05, 0.1) is 12.7 Å². The van der Waals surface area contributed by atoms with E-state index < -0.39 is 10.0 Å². The van der Waals surface area contributed by atoms with Crippen LogP contribution in [0.2, 0.25) is 0 Å². The summed E-state index contributed by atoms with van der Waals surface area (Å²) in [6.07, 6.45) is 1.36. The van der Waals surface area contributed by atoms with E-state index in [1.807, 2.05) is 0 Å². The summed E-state index contributed by atoms with van der Waals surface area (Å²) in [5.74, 6) is -0.197. The molecule has 90 valence electrons. The van der Waals surface area contributed by atoms with E-state index in [4.69, 9.17) is 11.1 Å². The highest BCUT2D eigenvalue weighted by atomic mass is 32.2. The normalized spacial score (nSPS) is 12.2. The van der Waals surface area contributed by atoms with Crippen LogP contribution in [-0.2, 0) is 10.0 Å². The van der Waals surface area contributed by atoms with E-state index >= 15 is 0 Å². The molecule has 0 saturated carbocycles. The van der Waals surface area contributed by atoms with Crippen molar-refractivity contribution in [2.24, 2.45) is 5.73 Å². The molecule has 0 aromatic carbocycles. The third-order valence-corrected chi connectivity index (χ3v) is 3.92. The first kappa shape index (κ1) is 12.7. The number of aromatic amines is 1. The lowest BCUT2D eigenvalue weighted by Gasteiger charge is -2.24. The zero-order valence-electron chi connectivity index (χ0n) is 9.14. The monoisotopic (exact) mass is 245 g/mol. The number of rotatable bonds is 5. The molecule has 0 atom stereocenters. The Labute approximate surface area is 94.2 Å². The molecule has 0 aliphatic heterocycles. The lowest BCUT2D eigenvalue weighted by Crippen LogP contribution is -2.42. The van der Waals surface area contributed by atoms with Gasteiger partial charge in [-0.05, 0) is 19.9 Å². The zero-order chi connectivity index (χ0) is 12.3. The minimum absolute atomic E-state index is 0.00227. The Hall–Kier alpha value is -1.41. The maximum atomic E-state index is 12.1. The maximum absolute atomic E-state index is 12.1. The van der Waals surface area contributed by atoms with E-state index in [0.717, 1.165) is 4.31 Å². The summed E-state index contributed by atoms with van der Waals surface area (Å²) in [5.41, 5.74) is 5.23. The third kappa shape index (κ3) is 2.58. The molecule has 0 radical (unpaired) electrons. The molecule has 0 spiro atoms. The summed E-state index contributed by atoms with van der Waals surface area (Å²) in [4.78, 5) is 0. The van der Waals surface area contributed by atoms with Crippen molar-refractivity contribution >= 4 is 15.9 Å². The van der Waals surface area contributed by atoms with E-state index in [1.165, 1.54) is 12.3 Å². The summed E-state index contributed by atoms with van der Waals surface area (Å²) in [6, 6.07) is 1.09. The first-order chi connectivity index (χ1) is 7.35. The fourth-order valence-corrected chi connectivity index (χ4v) is 2.74. The van der Waals surface area contributed by atoms with Crippen LogP contribution in [0.4, 0.5) is 0 Å². The molecule has 1 heterocycles. The molecule has 1 rings (SSSR count). The lowest BCUT2D eigenvalue weighted by molar-refractivity contribution is 0.387. The zero-order valence-corrected chi connectivity index (χ0v) is 9.95. The fourth-order valence-electron chi connectivity index (χ4n) is 1.23. The fraction of sp³-hybridized carbons (Fsp3) is 0.500. The van der Waals surface area contributed by atoms with Gasteiger partial charge in [0.25, 0.3) is 10.0 Å². The van der Waals surface area contributed by atoms with Crippen molar-refractivity contribution in [3.05, 3.63) is 12.3 Å². The van der Waals surface area contributed by atoms with Gasteiger partial charge >= 0.3 is 0 Å². The van der Waals surface area contributed by atoms with Crippen LogP contribution >= 0.6 is 0 Å². The van der Waals surface area contributed by atoms with Crippen LogP contribution in [0.25, 0.3) is 0 Å². The number of hydrogen-bond donors (Lipinski definition) is 3. The molecule has 0 bridgehead atoms. The Bertz CT molecular complexity index is 451. The van der Waals surface area contributed by atoms with E-state index in [1.54, 1.807) is 13.8 Å². The molecule has 16 heavy (non-hydrogen) atoms. The second kappa shape index (κ2) is 4.62. The standard InChI is InChI=1S/C8H15N5O2S/c1-6(2)13(5-7(9)10)16(14,15)8-3-4-11-12-8/h3-4,6H,5H2,1-2H3,(H3,9,10)(H,11,12). The average molecular weight is 245 g/mol. The number of nitrogens with one attached hydrogen (secondary N) is 2. The van der Waals surface area contributed by atoms with Gasteiger partial charge in [-0.15, -0.1) is 0 Å². The highest BCUT2D eigenvalue weighted by Crippen LogP contribution is 2.14. The first-order valence-corrected chi connectivity index (χ1v) is 6.14. The number of amidine groups is 1. The third-order valence-electron chi connectivity index (χ3n) is 1.96. The van der Waals surface area contributed by atoms with Crippen LogP contribution in [0.5, 0.6) is 0 Å². The molecule has 1 aromatic heterocycles. The van der Waals surface area contributed by atoms with Gasteiger partial charge in [-0.3, -0.25) is 10.5 Å². The molecule has 8 heteroatoms. The second-order valence-electron chi connectivity index (χ2n) is 3.59. The van der Waals surface area contributed by atoms with Crippen LogP contribution in [-0.4, -0.2) is 41.3 Å². The van der Waals surface area contributed by atoms with Crippen LogP contribution in [0.15, 0.2) is 17.3 Å². The lowest BCUT2D eigenvalue weighted by atomic mass is 10.4. The number of H-pyrrole nitrogens is 1. The molecular weight excluding hydrogens is 230 g/mol. The Morgan fingerprint density at radius 3 is 2.69 bits per heavy atom. The van der Waals surface area contributed by atoms with Crippen molar-refractivity contribution in [3.63, 3.8) is 0 Å².